The second-order valence-corrected chi connectivity index (χ2v) is 9.39. The summed E-state index contributed by atoms with van der Waals surface area (Å²) in [5, 5.41) is 7.14. The molecule has 1 aromatic heterocycles. The zero-order chi connectivity index (χ0) is 24.1. The molecule has 184 valence electrons. The SMILES string of the molecule is COC[C@H]1NCCO[C@@]1(c1ccccc1)c1nc(Nc2ccc(C)cc2)cc(N2CCCCC2)n1. The van der Waals surface area contributed by atoms with Crippen LogP contribution in [0.2, 0.25) is 0 Å². The first-order valence-corrected chi connectivity index (χ1v) is 12.6. The summed E-state index contributed by atoms with van der Waals surface area (Å²) in [6.07, 6.45) is 3.61. The first-order valence-electron chi connectivity index (χ1n) is 12.6. The Balaban J connectivity index is 1.64. The smallest absolute Gasteiger partial charge is 0.171 e. The van der Waals surface area contributed by atoms with Crippen LogP contribution in [0.4, 0.5) is 17.3 Å². The number of anilines is 3. The average molecular weight is 474 g/mol. The second-order valence-electron chi connectivity index (χ2n) is 9.39. The third-order valence-corrected chi connectivity index (χ3v) is 6.90. The van der Waals surface area contributed by atoms with E-state index in [4.69, 9.17) is 19.4 Å². The molecule has 7 heteroatoms. The van der Waals surface area contributed by atoms with E-state index in [2.05, 4.69) is 64.9 Å². The Morgan fingerprint density at radius 1 is 1.06 bits per heavy atom. The van der Waals surface area contributed by atoms with Crippen LogP contribution in [0.5, 0.6) is 0 Å². The second kappa shape index (κ2) is 10.7. The highest BCUT2D eigenvalue weighted by atomic mass is 16.5. The Hall–Kier alpha value is -3.00. The van der Waals surface area contributed by atoms with Gasteiger partial charge in [0.2, 0.25) is 0 Å². The fraction of sp³-hybridized carbons (Fsp3) is 0.429. The van der Waals surface area contributed by atoms with Crippen molar-refractivity contribution < 1.29 is 9.47 Å². The van der Waals surface area contributed by atoms with Crippen LogP contribution in [-0.4, -0.2) is 56.0 Å². The van der Waals surface area contributed by atoms with E-state index in [1.165, 1.54) is 24.8 Å². The summed E-state index contributed by atoms with van der Waals surface area (Å²) in [6.45, 7) is 5.88. The van der Waals surface area contributed by atoms with E-state index >= 15 is 0 Å². The molecule has 2 aliphatic rings. The van der Waals surface area contributed by atoms with E-state index in [-0.39, 0.29) is 6.04 Å². The van der Waals surface area contributed by atoms with Gasteiger partial charge in [-0.05, 0) is 43.9 Å². The predicted molar refractivity (Wildman–Crippen MR) is 139 cm³/mol. The van der Waals surface area contributed by atoms with Crippen LogP contribution in [0.3, 0.4) is 0 Å². The lowest BCUT2D eigenvalue weighted by Crippen LogP contribution is -2.59. The summed E-state index contributed by atoms with van der Waals surface area (Å²) in [7, 11) is 1.72. The van der Waals surface area contributed by atoms with Crippen LogP contribution in [0.1, 0.15) is 36.2 Å². The molecule has 3 heterocycles. The zero-order valence-electron chi connectivity index (χ0n) is 20.7. The lowest BCUT2D eigenvalue weighted by Gasteiger charge is -2.43. The van der Waals surface area contributed by atoms with Gasteiger partial charge in [-0.25, -0.2) is 9.97 Å². The Bertz CT molecular complexity index is 1100. The monoisotopic (exact) mass is 473 g/mol. The summed E-state index contributed by atoms with van der Waals surface area (Å²) in [4.78, 5) is 12.6. The van der Waals surface area contributed by atoms with Crippen LogP contribution in [0, 0.1) is 6.92 Å². The molecule has 5 rings (SSSR count). The first kappa shape index (κ1) is 23.7. The molecule has 0 aliphatic carbocycles. The number of morpholine rings is 1. The van der Waals surface area contributed by atoms with Gasteiger partial charge in [-0.3, -0.25) is 0 Å². The number of nitrogens with zero attached hydrogens (tertiary/aromatic N) is 3. The van der Waals surface area contributed by atoms with Crippen molar-refractivity contribution in [3.8, 4) is 0 Å². The van der Waals surface area contributed by atoms with Gasteiger partial charge in [-0.2, -0.15) is 0 Å². The van der Waals surface area contributed by atoms with E-state index in [0.717, 1.165) is 42.5 Å². The maximum Gasteiger partial charge on any atom is 0.171 e. The number of nitrogens with one attached hydrogen (secondary N) is 2. The van der Waals surface area contributed by atoms with E-state index in [1.54, 1.807) is 7.11 Å². The number of hydrogen-bond donors (Lipinski definition) is 2. The highest BCUT2D eigenvalue weighted by Gasteiger charge is 2.48. The molecule has 3 aromatic rings. The molecule has 7 nitrogen and oxygen atoms in total. The Labute approximate surface area is 207 Å². The molecule has 2 N–H and O–H groups in total. The van der Waals surface area contributed by atoms with Gasteiger partial charge in [0.1, 0.15) is 11.6 Å². The third kappa shape index (κ3) is 5.03. The summed E-state index contributed by atoms with van der Waals surface area (Å²) in [6, 6.07) is 20.6. The van der Waals surface area contributed by atoms with Crippen molar-refractivity contribution in [2.45, 2.75) is 37.8 Å². The van der Waals surface area contributed by atoms with Gasteiger partial charge in [-0.1, -0.05) is 48.0 Å². The summed E-state index contributed by atoms with van der Waals surface area (Å²) >= 11 is 0. The van der Waals surface area contributed by atoms with Gasteiger partial charge in [0, 0.05) is 38.5 Å². The Morgan fingerprint density at radius 2 is 1.83 bits per heavy atom. The van der Waals surface area contributed by atoms with Crippen molar-refractivity contribution in [1.82, 2.24) is 15.3 Å². The van der Waals surface area contributed by atoms with Crippen LogP contribution in [0.25, 0.3) is 0 Å². The maximum atomic E-state index is 6.65. The van der Waals surface area contributed by atoms with Gasteiger partial charge < -0.3 is 25.0 Å². The van der Waals surface area contributed by atoms with E-state index in [9.17, 15) is 0 Å². The quantitative estimate of drug-likeness (QED) is 0.527. The zero-order valence-corrected chi connectivity index (χ0v) is 20.7. The van der Waals surface area contributed by atoms with Crippen molar-refractivity contribution >= 4 is 17.3 Å². The molecule has 35 heavy (non-hydrogen) atoms. The molecule has 0 bridgehead atoms. The van der Waals surface area contributed by atoms with Crippen molar-refractivity contribution in [2.24, 2.45) is 0 Å². The number of aryl methyl sites for hydroxylation is 1. The van der Waals surface area contributed by atoms with Gasteiger partial charge in [0.15, 0.2) is 11.4 Å². The summed E-state index contributed by atoms with van der Waals surface area (Å²) < 4.78 is 12.3. The topological polar surface area (TPSA) is 71.5 Å². The van der Waals surface area contributed by atoms with E-state index in [1.807, 2.05) is 18.2 Å². The van der Waals surface area contributed by atoms with Crippen LogP contribution >= 0.6 is 0 Å². The lowest BCUT2D eigenvalue weighted by atomic mass is 9.84. The highest BCUT2D eigenvalue weighted by molar-refractivity contribution is 5.60. The number of piperidine rings is 1. The fourth-order valence-electron chi connectivity index (χ4n) is 5.09. The maximum absolute atomic E-state index is 6.65. The number of hydrogen-bond acceptors (Lipinski definition) is 7. The molecular formula is C28H35N5O2. The largest absolute Gasteiger partial charge is 0.383 e. The van der Waals surface area contributed by atoms with Crippen molar-refractivity contribution in [1.29, 1.82) is 0 Å². The summed E-state index contributed by atoms with van der Waals surface area (Å²) in [5.41, 5.74) is 2.37. The van der Waals surface area contributed by atoms with Gasteiger partial charge in [0.05, 0.1) is 19.3 Å². The van der Waals surface area contributed by atoms with Crippen molar-refractivity contribution in [2.75, 3.05) is 50.2 Å². The molecule has 2 aromatic carbocycles. The lowest BCUT2D eigenvalue weighted by molar-refractivity contribution is -0.0938. The average Bonchev–Trinajstić information content (AvgIpc) is 2.91. The van der Waals surface area contributed by atoms with Gasteiger partial charge >= 0.3 is 0 Å². The normalized spacial score (nSPS) is 22.7. The van der Waals surface area contributed by atoms with E-state index < -0.39 is 5.60 Å². The molecule has 2 aliphatic heterocycles. The van der Waals surface area contributed by atoms with Gasteiger partial charge in [0.25, 0.3) is 0 Å². The number of benzene rings is 2. The molecule has 2 fully saturated rings. The molecule has 0 radical (unpaired) electrons. The van der Waals surface area contributed by atoms with Crippen LogP contribution in [-0.2, 0) is 15.1 Å². The van der Waals surface area contributed by atoms with Crippen molar-refractivity contribution in [3.05, 3.63) is 77.6 Å². The van der Waals surface area contributed by atoms with E-state index in [0.29, 0.717) is 19.0 Å². The van der Waals surface area contributed by atoms with Crippen LogP contribution < -0.4 is 15.5 Å². The third-order valence-electron chi connectivity index (χ3n) is 6.90. The number of ether oxygens (including phenoxy) is 2. The van der Waals surface area contributed by atoms with Crippen molar-refractivity contribution in [3.63, 3.8) is 0 Å². The summed E-state index contributed by atoms with van der Waals surface area (Å²) in [5.74, 6) is 2.35. The number of aromatic nitrogens is 2. The van der Waals surface area contributed by atoms with Gasteiger partial charge in [-0.15, -0.1) is 0 Å². The predicted octanol–water partition coefficient (Wildman–Crippen LogP) is 4.40. The molecule has 2 saturated heterocycles. The van der Waals surface area contributed by atoms with Crippen LogP contribution in [0.15, 0.2) is 60.7 Å². The Morgan fingerprint density at radius 3 is 2.57 bits per heavy atom. The number of methoxy groups -OCH3 is 1. The standard InChI is InChI=1S/C28H35N5O2/c1-21-11-13-23(14-12-21)30-25-19-26(33-16-7-4-8-17-33)32-27(31-25)28(22-9-5-3-6-10-22)24(20-34-2)29-15-18-35-28/h3,5-6,9-14,19,24,29H,4,7-8,15-18,20H2,1-2H3,(H,30,31,32)/t24-,28-/m1/s1. The fourth-order valence-corrected chi connectivity index (χ4v) is 5.09. The highest BCUT2D eigenvalue weighted by Crippen LogP contribution is 2.39. The minimum Gasteiger partial charge on any atom is -0.383 e. The first-order chi connectivity index (χ1) is 17.2. The molecule has 0 amide bonds. The molecular weight excluding hydrogens is 438 g/mol. The minimum atomic E-state index is -0.870. The molecule has 0 saturated carbocycles. The molecule has 0 unspecified atom stereocenters. The number of rotatable bonds is 7. The molecule has 2 atom stereocenters. The molecule has 0 spiro atoms. The minimum absolute atomic E-state index is 0.132. The Kier molecular flexibility index (Phi) is 7.27.